The second kappa shape index (κ2) is 6.42. The van der Waals surface area contributed by atoms with Crippen LogP contribution in [0.3, 0.4) is 0 Å². The fourth-order valence-electron chi connectivity index (χ4n) is 2.06. The van der Waals surface area contributed by atoms with Crippen molar-refractivity contribution in [2.24, 2.45) is 0 Å². The van der Waals surface area contributed by atoms with Gasteiger partial charge in [-0.2, -0.15) is 0 Å². The van der Waals surface area contributed by atoms with Gasteiger partial charge in [0.15, 0.2) is 5.82 Å². The van der Waals surface area contributed by atoms with Crippen LogP contribution in [-0.4, -0.2) is 16.5 Å². The summed E-state index contributed by atoms with van der Waals surface area (Å²) in [6.45, 7) is 6.98. The van der Waals surface area contributed by atoms with Crippen LogP contribution in [-0.2, 0) is 6.42 Å². The SMILES string of the molecule is CCNc1nc(-c2cc(Cl)cc(Cl)c2)nc(CC)c1C. The van der Waals surface area contributed by atoms with Gasteiger partial charge in [-0.15, -0.1) is 0 Å². The van der Waals surface area contributed by atoms with Crippen molar-refractivity contribution in [1.29, 1.82) is 0 Å². The van der Waals surface area contributed by atoms with Crippen molar-refractivity contribution in [1.82, 2.24) is 9.97 Å². The van der Waals surface area contributed by atoms with Crippen LogP contribution in [0.25, 0.3) is 11.4 Å². The summed E-state index contributed by atoms with van der Waals surface area (Å²) in [5.74, 6) is 1.51. The Labute approximate surface area is 129 Å². The van der Waals surface area contributed by atoms with Gasteiger partial charge in [-0.3, -0.25) is 0 Å². The first-order valence-electron chi connectivity index (χ1n) is 6.63. The van der Waals surface area contributed by atoms with E-state index in [-0.39, 0.29) is 0 Å². The van der Waals surface area contributed by atoms with Crippen molar-refractivity contribution in [2.45, 2.75) is 27.2 Å². The van der Waals surface area contributed by atoms with Crippen LogP contribution in [0.15, 0.2) is 18.2 Å². The lowest BCUT2D eigenvalue weighted by atomic mass is 10.1. The molecule has 5 heteroatoms. The topological polar surface area (TPSA) is 37.8 Å². The number of benzene rings is 1. The van der Waals surface area contributed by atoms with E-state index in [4.69, 9.17) is 23.2 Å². The highest BCUT2D eigenvalue weighted by Gasteiger charge is 2.11. The average Bonchev–Trinajstić information content (AvgIpc) is 2.40. The Kier molecular flexibility index (Phi) is 4.84. The second-order valence-electron chi connectivity index (χ2n) is 4.51. The summed E-state index contributed by atoms with van der Waals surface area (Å²) in [7, 11) is 0. The van der Waals surface area contributed by atoms with Crippen LogP contribution in [0.2, 0.25) is 10.0 Å². The molecule has 2 aromatic rings. The van der Waals surface area contributed by atoms with Crippen LogP contribution >= 0.6 is 23.2 Å². The molecule has 0 spiro atoms. The summed E-state index contributed by atoms with van der Waals surface area (Å²) in [6, 6.07) is 5.35. The van der Waals surface area contributed by atoms with Gasteiger partial charge in [0.1, 0.15) is 5.82 Å². The molecule has 1 aromatic heterocycles. The second-order valence-corrected chi connectivity index (χ2v) is 5.38. The summed E-state index contributed by atoms with van der Waals surface area (Å²) < 4.78 is 0. The fraction of sp³-hybridized carbons (Fsp3) is 0.333. The molecular formula is C15H17Cl2N3. The van der Waals surface area contributed by atoms with Gasteiger partial charge in [0.25, 0.3) is 0 Å². The lowest BCUT2D eigenvalue weighted by Crippen LogP contribution is -2.07. The number of hydrogen-bond donors (Lipinski definition) is 1. The van der Waals surface area contributed by atoms with Crippen molar-refractivity contribution in [3.8, 4) is 11.4 Å². The summed E-state index contributed by atoms with van der Waals surface area (Å²) in [4.78, 5) is 9.20. The zero-order valence-corrected chi connectivity index (χ0v) is 13.3. The van der Waals surface area contributed by atoms with Crippen molar-refractivity contribution in [3.05, 3.63) is 39.5 Å². The van der Waals surface area contributed by atoms with Gasteiger partial charge in [-0.25, -0.2) is 9.97 Å². The maximum Gasteiger partial charge on any atom is 0.161 e. The van der Waals surface area contributed by atoms with E-state index >= 15 is 0 Å². The van der Waals surface area contributed by atoms with Gasteiger partial charge < -0.3 is 5.32 Å². The van der Waals surface area contributed by atoms with E-state index < -0.39 is 0 Å². The van der Waals surface area contributed by atoms with E-state index in [2.05, 4.69) is 22.2 Å². The van der Waals surface area contributed by atoms with Gasteiger partial charge in [0.05, 0.1) is 0 Å². The first kappa shape index (κ1) is 15.1. The zero-order valence-electron chi connectivity index (χ0n) is 11.8. The molecule has 0 aliphatic carbocycles. The predicted molar refractivity (Wildman–Crippen MR) is 85.8 cm³/mol. The molecule has 1 heterocycles. The molecule has 0 saturated heterocycles. The molecule has 3 nitrogen and oxygen atoms in total. The molecule has 0 bridgehead atoms. The molecule has 0 amide bonds. The fourth-order valence-corrected chi connectivity index (χ4v) is 2.58. The number of nitrogens with one attached hydrogen (secondary N) is 1. The third kappa shape index (κ3) is 3.22. The average molecular weight is 310 g/mol. The molecule has 0 atom stereocenters. The van der Waals surface area contributed by atoms with Crippen LogP contribution in [0.1, 0.15) is 25.1 Å². The standard InChI is InChI=1S/C15H17Cl2N3/c1-4-13-9(3)14(18-5-2)20-15(19-13)10-6-11(16)8-12(17)7-10/h6-8H,4-5H2,1-3H3,(H,18,19,20). The number of aryl methyl sites for hydroxylation is 1. The van der Waals surface area contributed by atoms with Crippen LogP contribution in [0.4, 0.5) is 5.82 Å². The minimum Gasteiger partial charge on any atom is -0.370 e. The van der Waals surface area contributed by atoms with Crippen molar-refractivity contribution < 1.29 is 0 Å². The molecule has 0 unspecified atom stereocenters. The highest BCUT2D eigenvalue weighted by molar-refractivity contribution is 6.35. The molecular weight excluding hydrogens is 293 g/mol. The quantitative estimate of drug-likeness (QED) is 0.885. The first-order chi connectivity index (χ1) is 9.55. The molecule has 106 valence electrons. The third-order valence-electron chi connectivity index (χ3n) is 3.05. The Morgan fingerprint density at radius 1 is 1.05 bits per heavy atom. The molecule has 2 rings (SSSR count). The summed E-state index contributed by atoms with van der Waals surface area (Å²) in [5, 5.41) is 4.44. The maximum atomic E-state index is 6.05. The van der Waals surface area contributed by atoms with Gasteiger partial charge in [-0.1, -0.05) is 30.1 Å². The number of rotatable bonds is 4. The number of aromatic nitrogens is 2. The molecule has 0 fully saturated rings. The molecule has 0 radical (unpaired) electrons. The molecule has 0 aliphatic rings. The predicted octanol–water partition coefficient (Wildman–Crippen LogP) is 4.75. The van der Waals surface area contributed by atoms with Gasteiger partial charge in [-0.05, 0) is 38.5 Å². The van der Waals surface area contributed by atoms with Crippen LogP contribution in [0, 0.1) is 6.92 Å². The molecule has 20 heavy (non-hydrogen) atoms. The van der Waals surface area contributed by atoms with E-state index in [9.17, 15) is 0 Å². The molecule has 0 saturated carbocycles. The monoisotopic (exact) mass is 309 g/mol. The van der Waals surface area contributed by atoms with Crippen molar-refractivity contribution >= 4 is 29.0 Å². The highest BCUT2D eigenvalue weighted by Crippen LogP contribution is 2.27. The summed E-state index contributed by atoms with van der Waals surface area (Å²) in [5.41, 5.74) is 2.95. The molecule has 1 N–H and O–H groups in total. The van der Waals surface area contributed by atoms with Crippen LogP contribution in [0.5, 0.6) is 0 Å². The minimum absolute atomic E-state index is 0.583. The number of nitrogens with zero attached hydrogens (tertiary/aromatic N) is 2. The Bertz CT molecular complexity index is 607. The van der Waals surface area contributed by atoms with E-state index in [0.717, 1.165) is 35.6 Å². The normalized spacial score (nSPS) is 10.7. The van der Waals surface area contributed by atoms with E-state index in [1.807, 2.05) is 26.0 Å². The molecule has 1 aromatic carbocycles. The summed E-state index contributed by atoms with van der Waals surface area (Å²) >= 11 is 12.1. The van der Waals surface area contributed by atoms with E-state index in [0.29, 0.717) is 15.9 Å². The Morgan fingerprint density at radius 2 is 1.70 bits per heavy atom. The van der Waals surface area contributed by atoms with Gasteiger partial charge in [0.2, 0.25) is 0 Å². The number of halogens is 2. The first-order valence-corrected chi connectivity index (χ1v) is 7.38. The van der Waals surface area contributed by atoms with Crippen molar-refractivity contribution in [2.75, 3.05) is 11.9 Å². The lowest BCUT2D eigenvalue weighted by Gasteiger charge is -2.12. The smallest absolute Gasteiger partial charge is 0.161 e. The summed E-state index contributed by atoms with van der Waals surface area (Å²) in [6.07, 6.45) is 0.855. The van der Waals surface area contributed by atoms with E-state index in [1.165, 1.54) is 0 Å². The van der Waals surface area contributed by atoms with Crippen molar-refractivity contribution in [3.63, 3.8) is 0 Å². The van der Waals surface area contributed by atoms with Gasteiger partial charge in [0, 0.05) is 33.4 Å². The number of hydrogen-bond acceptors (Lipinski definition) is 3. The third-order valence-corrected chi connectivity index (χ3v) is 3.48. The lowest BCUT2D eigenvalue weighted by molar-refractivity contribution is 0.970. The maximum absolute atomic E-state index is 6.05. The number of anilines is 1. The Morgan fingerprint density at radius 3 is 2.25 bits per heavy atom. The van der Waals surface area contributed by atoms with Gasteiger partial charge >= 0.3 is 0 Å². The Balaban J connectivity index is 2.58. The minimum atomic E-state index is 0.583. The highest BCUT2D eigenvalue weighted by atomic mass is 35.5. The zero-order chi connectivity index (χ0) is 14.7. The largest absolute Gasteiger partial charge is 0.370 e. The van der Waals surface area contributed by atoms with Crippen LogP contribution < -0.4 is 5.32 Å². The Hall–Kier alpha value is -1.32. The molecule has 0 aliphatic heterocycles. The van der Waals surface area contributed by atoms with E-state index in [1.54, 1.807) is 6.07 Å².